The number of hydrogen-bond donors (Lipinski definition) is 3. The van der Waals surface area contributed by atoms with Crippen molar-refractivity contribution in [2.75, 3.05) is 26.3 Å². The molecule has 0 aliphatic carbocycles. The lowest BCUT2D eigenvalue weighted by Crippen LogP contribution is -2.40. The summed E-state index contributed by atoms with van der Waals surface area (Å²) >= 11 is 0. The van der Waals surface area contributed by atoms with Crippen molar-refractivity contribution in [3.05, 3.63) is 29.8 Å². The number of ether oxygens (including phenoxy) is 1. The highest BCUT2D eigenvalue weighted by molar-refractivity contribution is 5.95. The van der Waals surface area contributed by atoms with Crippen LogP contribution in [-0.2, 0) is 4.74 Å². The fourth-order valence-electron chi connectivity index (χ4n) is 1.92. The van der Waals surface area contributed by atoms with Crippen LogP contribution in [-0.4, -0.2) is 49.0 Å². The second-order valence-corrected chi connectivity index (χ2v) is 4.46. The van der Waals surface area contributed by atoms with Gasteiger partial charge in [-0.15, -0.1) is 12.4 Å². The van der Waals surface area contributed by atoms with Crippen LogP contribution in [0, 0.1) is 0 Å². The van der Waals surface area contributed by atoms with Crippen molar-refractivity contribution < 1.29 is 9.53 Å². The molecule has 1 aromatic carbocycles. The molecule has 9 heteroatoms. The Hall–Kier alpha value is -2.32. The van der Waals surface area contributed by atoms with Gasteiger partial charge in [0.05, 0.1) is 18.9 Å². The highest BCUT2D eigenvalue weighted by Gasteiger charge is 2.18. The molecule has 6 N–H and O–H groups in total. The number of amides is 1. The molecular formula is C13H19ClN6O2. The number of aliphatic imine (C=N–C) groups is 2. The molecule has 0 radical (unpaired) electrons. The first-order valence-corrected chi connectivity index (χ1v) is 6.47. The van der Waals surface area contributed by atoms with E-state index < -0.39 is 0 Å². The van der Waals surface area contributed by atoms with Gasteiger partial charge in [0, 0.05) is 18.7 Å². The molecule has 0 aromatic heterocycles. The number of rotatable bonds is 2. The second-order valence-electron chi connectivity index (χ2n) is 4.46. The number of hydrogen-bond acceptors (Lipinski definition) is 3. The Morgan fingerprint density at radius 3 is 2.23 bits per heavy atom. The SMILES string of the molecule is Cl.NC(N)=NC(N)=Nc1ccc(C(=O)N2CCOCC2)cc1. The lowest BCUT2D eigenvalue weighted by Gasteiger charge is -2.26. The maximum Gasteiger partial charge on any atom is 0.254 e. The van der Waals surface area contributed by atoms with Gasteiger partial charge < -0.3 is 26.8 Å². The standard InChI is InChI=1S/C13H18N6O2.ClH/c14-12(15)18-13(16)17-10-3-1-9(2-4-10)11(20)19-5-7-21-8-6-19;/h1-4H,5-8H2,(H6,14,15,16,17,18);1H. The summed E-state index contributed by atoms with van der Waals surface area (Å²) in [6.07, 6.45) is 0. The summed E-state index contributed by atoms with van der Waals surface area (Å²) in [6.45, 7) is 2.36. The van der Waals surface area contributed by atoms with Crippen molar-refractivity contribution in [1.82, 2.24) is 4.90 Å². The molecule has 0 unspecified atom stereocenters. The van der Waals surface area contributed by atoms with Gasteiger partial charge in [0.2, 0.25) is 5.96 Å². The van der Waals surface area contributed by atoms with E-state index in [4.69, 9.17) is 21.9 Å². The average molecular weight is 327 g/mol. The fourth-order valence-corrected chi connectivity index (χ4v) is 1.92. The molecule has 1 heterocycles. The largest absolute Gasteiger partial charge is 0.378 e. The fraction of sp³-hybridized carbons (Fsp3) is 0.308. The molecule has 1 aliphatic rings. The van der Waals surface area contributed by atoms with Gasteiger partial charge in [-0.3, -0.25) is 4.79 Å². The van der Waals surface area contributed by atoms with Crippen LogP contribution in [0.3, 0.4) is 0 Å². The van der Waals surface area contributed by atoms with E-state index in [0.29, 0.717) is 37.6 Å². The van der Waals surface area contributed by atoms with Gasteiger partial charge >= 0.3 is 0 Å². The Bertz CT molecular complexity index is 562. The lowest BCUT2D eigenvalue weighted by atomic mass is 10.1. The molecule has 0 bridgehead atoms. The molecular weight excluding hydrogens is 308 g/mol. The number of guanidine groups is 2. The third-order valence-electron chi connectivity index (χ3n) is 2.90. The molecule has 1 saturated heterocycles. The highest BCUT2D eigenvalue weighted by Crippen LogP contribution is 2.15. The van der Waals surface area contributed by atoms with Gasteiger partial charge in [-0.05, 0) is 24.3 Å². The van der Waals surface area contributed by atoms with E-state index in [1.165, 1.54) is 0 Å². The topological polar surface area (TPSA) is 132 Å². The first kappa shape index (κ1) is 17.7. The quantitative estimate of drug-likeness (QED) is 0.511. The molecule has 1 fully saturated rings. The maximum absolute atomic E-state index is 12.2. The molecule has 1 aromatic rings. The van der Waals surface area contributed by atoms with Gasteiger partial charge in [0.1, 0.15) is 0 Å². The molecule has 0 atom stereocenters. The minimum Gasteiger partial charge on any atom is -0.378 e. The molecule has 2 rings (SSSR count). The van der Waals surface area contributed by atoms with E-state index in [1.54, 1.807) is 29.2 Å². The van der Waals surface area contributed by atoms with E-state index >= 15 is 0 Å². The minimum atomic E-state index is -0.157. The summed E-state index contributed by atoms with van der Waals surface area (Å²) in [6, 6.07) is 6.75. The van der Waals surface area contributed by atoms with Crippen molar-refractivity contribution in [2.24, 2.45) is 27.2 Å². The van der Waals surface area contributed by atoms with E-state index in [2.05, 4.69) is 9.98 Å². The highest BCUT2D eigenvalue weighted by atomic mass is 35.5. The summed E-state index contributed by atoms with van der Waals surface area (Å²) in [5, 5.41) is 0. The van der Waals surface area contributed by atoms with Crippen molar-refractivity contribution in [2.45, 2.75) is 0 Å². The molecule has 1 aliphatic heterocycles. The van der Waals surface area contributed by atoms with E-state index in [1.807, 2.05) is 0 Å². The van der Waals surface area contributed by atoms with Crippen LogP contribution in [0.4, 0.5) is 5.69 Å². The number of nitrogens with zero attached hydrogens (tertiary/aromatic N) is 3. The number of carbonyl (C=O) groups excluding carboxylic acids is 1. The molecule has 8 nitrogen and oxygen atoms in total. The Balaban J connectivity index is 0.00000242. The Labute approximate surface area is 134 Å². The summed E-state index contributed by atoms with van der Waals surface area (Å²) in [7, 11) is 0. The van der Waals surface area contributed by atoms with Crippen LogP contribution in [0.15, 0.2) is 34.3 Å². The van der Waals surface area contributed by atoms with Crippen molar-refractivity contribution in [3.8, 4) is 0 Å². The summed E-state index contributed by atoms with van der Waals surface area (Å²) < 4.78 is 5.22. The zero-order chi connectivity index (χ0) is 15.2. The first-order valence-electron chi connectivity index (χ1n) is 6.47. The average Bonchev–Trinajstić information content (AvgIpc) is 2.47. The Kier molecular flexibility index (Phi) is 6.61. The van der Waals surface area contributed by atoms with Crippen LogP contribution in [0.2, 0.25) is 0 Å². The second kappa shape index (κ2) is 8.20. The van der Waals surface area contributed by atoms with Gasteiger partial charge in [-0.1, -0.05) is 0 Å². The molecule has 0 saturated carbocycles. The first-order chi connectivity index (χ1) is 10.1. The number of morpholine rings is 1. The number of carbonyl (C=O) groups is 1. The van der Waals surface area contributed by atoms with Crippen LogP contribution in [0.25, 0.3) is 0 Å². The van der Waals surface area contributed by atoms with Crippen LogP contribution in [0.5, 0.6) is 0 Å². The molecule has 0 spiro atoms. The molecule has 120 valence electrons. The van der Waals surface area contributed by atoms with E-state index in [-0.39, 0.29) is 30.2 Å². The van der Waals surface area contributed by atoms with Gasteiger partial charge in [0.25, 0.3) is 5.91 Å². The van der Waals surface area contributed by atoms with Crippen LogP contribution in [0.1, 0.15) is 10.4 Å². The Morgan fingerprint density at radius 1 is 1.09 bits per heavy atom. The number of benzene rings is 1. The van der Waals surface area contributed by atoms with Crippen molar-refractivity contribution >= 4 is 35.9 Å². The normalized spacial score (nSPS) is 14.9. The molecule has 22 heavy (non-hydrogen) atoms. The minimum absolute atomic E-state index is 0. The van der Waals surface area contributed by atoms with E-state index in [0.717, 1.165) is 0 Å². The van der Waals surface area contributed by atoms with Crippen LogP contribution < -0.4 is 17.2 Å². The number of nitrogens with two attached hydrogens (primary N) is 3. The Morgan fingerprint density at radius 2 is 1.68 bits per heavy atom. The van der Waals surface area contributed by atoms with Gasteiger partial charge in [0.15, 0.2) is 5.96 Å². The van der Waals surface area contributed by atoms with Gasteiger partial charge in [-0.2, -0.15) is 4.99 Å². The zero-order valence-corrected chi connectivity index (χ0v) is 12.8. The van der Waals surface area contributed by atoms with Crippen molar-refractivity contribution in [3.63, 3.8) is 0 Å². The third kappa shape index (κ3) is 4.90. The van der Waals surface area contributed by atoms with Gasteiger partial charge in [-0.25, -0.2) is 4.99 Å². The summed E-state index contributed by atoms with van der Waals surface area (Å²) in [5.41, 5.74) is 17.1. The predicted octanol–water partition coefficient (Wildman–Crippen LogP) is -0.200. The molecule has 1 amide bonds. The maximum atomic E-state index is 12.2. The van der Waals surface area contributed by atoms with E-state index in [9.17, 15) is 4.79 Å². The monoisotopic (exact) mass is 326 g/mol. The summed E-state index contributed by atoms with van der Waals surface area (Å²) in [5.74, 6) is -0.219. The lowest BCUT2D eigenvalue weighted by molar-refractivity contribution is 0.0303. The smallest absolute Gasteiger partial charge is 0.254 e. The summed E-state index contributed by atoms with van der Waals surface area (Å²) in [4.78, 5) is 21.6. The van der Waals surface area contributed by atoms with Crippen molar-refractivity contribution in [1.29, 1.82) is 0 Å². The zero-order valence-electron chi connectivity index (χ0n) is 11.9. The predicted molar refractivity (Wildman–Crippen MR) is 87.5 cm³/mol. The number of halogens is 1. The third-order valence-corrected chi connectivity index (χ3v) is 2.90. The van der Waals surface area contributed by atoms with Crippen LogP contribution >= 0.6 is 12.4 Å².